The molecule has 142 valence electrons. The van der Waals surface area contributed by atoms with E-state index in [-0.39, 0.29) is 11.5 Å². The van der Waals surface area contributed by atoms with Gasteiger partial charge in [0.25, 0.3) is 5.91 Å². The van der Waals surface area contributed by atoms with Crippen LogP contribution in [0.4, 0.5) is 9.52 Å². The molecule has 0 radical (unpaired) electrons. The molecule has 0 saturated carbocycles. The fourth-order valence-electron chi connectivity index (χ4n) is 2.80. The van der Waals surface area contributed by atoms with E-state index < -0.39 is 5.82 Å². The summed E-state index contributed by atoms with van der Waals surface area (Å²) in [5.74, 6) is -0.259. The first-order valence-electron chi connectivity index (χ1n) is 8.66. The van der Waals surface area contributed by atoms with Crippen LogP contribution in [0.2, 0.25) is 0 Å². The number of carbonyl (C=O) groups is 1. The molecule has 0 aliphatic heterocycles. The molecular weight excluding hydrogens is 365 g/mol. The van der Waals surface area contributed by atoms with Gasteiger partial charge in [-0.15, -0.1) is 0 Å². The number of aromatic nitrogens is 1. The number of hydrogen-bond donors (Lipinski definition) is 0. The van der Waals surface area contributed by atoms with Gasteiger partial charge in [0.15, 0.2) is 5.13 Å². The molecule has 0 unspecified atom stereocenters. The topological polar surface area (TPSA) is 45.7 Å². The summed E-state index contributed by atoms with van der Waals surface area (Å²) >= 11 is 1.40. The van der Waals surface area contributed by atoms with Crippen molar-refractivity contribution in [3.05, 3.63) is 53.8 Å². The lowest BCUT2D eigenvalue weighted by molar-refractivity contribution is 0.0982. The van der Waals surface area contributed by atoms with Gasteiger partial charge in [-0.05, 0) is 51.3 Å². The van der Waals surface area contributed by atoms with Gasteiger partial charge in [-0.3, -0.25) is 9.69 Å². The minimum Gasteiger partial charge on any atom is -0.494 e. The Morgan fingerprint density at radius 3 is 2.63 bits per heavy atom. The number of para-hydroxylation sites is 1. The van der Waals surface area contributed by atoms with Crippen LogP contribution in [0, 0.1) is 5.82 Å². The second-order valence-corrected chi connectivity index (χ2v) is 7.41. The molecule has 0 aliphatic carbocycles. The van der Waals surface area contributed by atoms with Crippen molar-refractivity contribution in [2.24, 2.45) is 0 Å². The van der Waals surface area contributed by atoms with Crippen LogP contribution >= 0.6 is 11.3 Å². The van der Waals surface area contributed by atoms with Gasteiger partial charge in [0.1, 0.15) is 17.1 Å². The Hall–Kier alpha value is -2.51. The average molecular weight is 387 g/mol. The Bertz CT molecular complexity index is 942. The number of carbonyl (C=O) groups excluding carboxylic acids is 1. The number of halogens is 1. The van der Waals surface area contributed by atoms with Gasteiger partial charge in [0, 0.05) is 6.54 Å². The van der Waals surface area contributed by atoms with Crippen molar-refractivity contribution < 1.29 is 13.9 Å². The Labute approximate surface area is 162 Å². The van der Waals surface area contributed by atoms with Gasteiger partial charge in [-0.25, -0.2) is 9.37 Å². The number of thiazole rings is 1. The van der Waals surface area contributed by atoms with Crippen molar-refractivity contribution in [3.8, 4) is 5.75 Å². The molecule has 1 aromatic heterocycles. The van der Waals surface area contributed by atoms with Crippen LogP contribution in [0.25, 0.3) is 10.2 Å². The third kappa shape index (κ3) is 4.26. The van der Waals surface area contributed by atoms with Crippen LogP contribution in [-0.4, -0.2) is 50.1 Å². The zero-order chi connectivity index (χ0) is 19.4. The quantitative estimate of drug-likeness (QED) is 0.614. The number of methoxy groups -OCH3 is 1. The smallest absolute Gasteiger partial charge is 0.263 e. The maximum Gasteiger partial charge on any atom is 0.263 e. The van der Waals surface area contributed by atoms with E-state index in [2.05, 4.69) is 4.98 Å². The molecule has 1 heterocycles. The summed E-state index contributed by atoms with van der Waals surface area (Å²) in [7, 11) is 5.55. The zero-order valence-electron chi connectivity index (χ0n) is 15.6. The summed E-state index contributed by atoms with van der Waals surface area (Å²) in [5.41, 5.74) is 0.757. The summed E-state index contributed by atoms with van der Waals surface area (Å²) in [6.07, 6.45) is 0.750. The molecule has 0 fully saturated rings. The van der Waals surface area contributed by atoms with Crippen LogP contribution in [-0.2, 0) is 0 Å². The van der Waals surface area contributed by atoms with Gasteiger partial charge in [0.2, 0.25) is 0 Å². The fourth-order valence-corrected chi connectivity index (χ4v) is 3.81. The van der Waals surface area contributed by atoms with Gasteiger partial charge in [-0.1, -0.05) is 29.5 Å². The van der Waals surface area contributed by atoms with Crippen LogP contribution in [0.3, 0.4) is 0 Å². The Morgan fingerprint density at radius 1 is 1.15 bits per heavy atom. The molecule has 27 heavy (non-hydrogen) atoms. The summed E-state index contributed by atoms with van der Waals surface area (Å²) in [6.45, 7) is 1.27. The highest BCUT2D eigenvalue weighted by atomic mass is 32.1. The predicted octanol–water partition coefficient (Wildman–Crippen LogP) is 4.04. The Balaban J connectivity index is 1.99. The number of nitrogens with zero attached hydrogens (tertiary/aromatic N) is 3. The van der Waals surface area contributed by atoms with Crippen molar-refractivity contribution in [1.82, 2.24) is 9.88 Å². The maximum absolute atomic E-state index is 14.2. The molecule has 7 heteroatoms. The fraction of sp³-hybridized carbons (Fsp3) is 0.300. The van der Waals surface area contributed by atoms with Crippen molar-refractivity contribution >= 4 is 32.6 Å². The van der Waals surface area contributed by atoms with Crippen molar-refractivity contribution in [3.63, 3.8) is 0 Å². The van der Waals surface area contributed by atoms with Gasteiger partial charge in [-0.2, -0.15) is 0 Å². The number of rotatable bonds is 7. The zero-order valence-corrected chi connectivity index (χ0v) is 16.4. The molecular formula is C20H22FN3O2S. The van der Waals surface area contributed by atoms with Crippen LogP contribution < -0.4 is 9.64 Å². The molecule has 0 bridgehead atoms. The minimum absolute atomic E-state index is 0.0496. The highest BCUT2D eigenvalue weighted by Gasteiger charge is 2.24. The van der Waals surface area contributed by atoms with E-state index in [1.165, 1.54) is 23.5 Å². The normalized spacial score (nSPS) is 11.1. The van der Waals surface area contributed by atoms with Crippen molar-refractivity contribution in [2.45, 2.75) is 6.42 Å². The first kappa shape index (κ1) is 19.3. The highest BCUT2D eigenvalue weighted by molar-refractivity contribution is 7.22. The van der Waals surface area contributed by atoms with Crippen LogP contribution in [0.15, 0.2) is 42.5 Å². The van der Waals surface area contributed by atoms with E-state index in [1.807, 2.05) is 37.2 Å². The molecule has 0 N–H and O–H groups in total. The van der Waals surface area contributed by atoms with Crippen molar-refractivity contribution in [1.29, 1.82) is 0 Å². The second-order valence-electron chi connectivity index (χ2n) is 6.40. The number of amides is 1. The largest absolute Gasteiger partial charge is 0.494 e. The summed E-state index contributed by atoms with van der Waals surface area (Å²) in [5, 5.41) is 0.543. The number of benzene rings is 2. The van der Waals surface area contributed by atoms with E-state index in [0.717, 1.165) is 17.7 Å². The Kier molecular flexibility index (Phi) is 6.03. The molecule has 5 nitrogen and oxygen atoms in total. The lowest BCUT2D eigenvalue weighted by atomic mass is 10.2. The SMILES string of the molecule is COc1cccc2sc(N(CCCN(C)C)C(=O)c3ccccc3F)nc12. The number of ether oxygens (including phenoxy) is 1. The van der Waals surface area contributed by atoms with E-state index in [0.29, 0.717) is 22.9 Å². The van der Waals surface area contributed by atoms with Gasteiger partial charge < -0.3 is 9.64 Å². The first-order valence-corrected chi connectivity index (χ1v) is 9.47. The van der Waals surface area contributed by atoms with E-state index >= 15 is 0 Å². The van der Waals surface area contributed by atoms with E-state index in [4.69, 9.17) is 4.74 Å². The second kappa shape index (κ2) is 8.45. The molecule has 0 saturated heterocycles. The monoisotopic (exact) mass is 387 g/mol. The molecule has 0 atom stereocenters. The number of anilines is 1. The minimum atomic E-state index is -0.529. The van der Waals surface area contributed by atoms with Crippen LogP contribution in [0.5, 0.6) is 5.75 Å². The Morgan fingerprint density at radius 2 is 1.93 bits per heavy atom. The third-order valence-corrected chi connectivity index (χ3v) is 5.20. The van der Waals surface area contributed by atoms with Crippen molar-refractivity contribution in [2.75, 3.05) is 39.2 Å². The molecule has 1 amide bonds. The summed E-state index contributed by atoms with van der Waals surface area (Å²) in [6, 6.07) is 11.7. The van der Waals surface area contributed by atoms with Gasteiger partial charge in [0.05, 0.1) is 17.4 Å². The standard InChI is InChI=1S/C20H22FN3O2S/c1-23(2)12-7-13-24(19(25)14-8-4-5-9-15(14)21)20-22-18-16(26-3)10-6-11-17(18)27-20/h4-6,8-11H,7,12-13H2,1-3H3. The van der Waals surface area contributed by atoms with Gasteiger partial charge >= 0.3 is 0 Å². The molecule has 3 rings (SSSR count). The van der Waals surface area contributed by atoms with E-state index in [9.17, 15) is 9.18 Å². The highest BCUT2D eigenvalue weighted by Crippen LogP contribution is 2.34. The number of hydrogen-bond acceptors (Lipinski definition) is 5. The lowest BCUT2D eigenvalue weighted by Gasteiger charge is -2.21. The third-order valence-electron chi connectivity index (χ3n) is 4.16. The molecule has 0 aliphatic rings. The molecule has 2 aromatic carbocycles. The number of fused-ring (bicyclic) bond motifs is 1. The molecule has 3 aromatic rings. The summed E-state index contributed by atoms with van der Waals surface area (Å²) < 4.78 is 20.5. The summed E-state index contributed by atoms with van der Waals surface area (Å²) in [4.78, 5) is 21.3. The first-order chi connectivity index (χ1) is 13.0. The van der Waals surface area contributed by atoms with Crippen LogP contribution in [0.1, 0.15) is 16.8 Å². The molecule has 0 spiro atoms. The average Bonchev–Trinajstić information content (AvgIpc) is 3.08. The maximum atomic E-state index is 14.2. The lowest BCUT2D eigenvalue weighted by Crippen LogP contribution is -2.34. The predicted molar refractivity (Wildman–Crippen MR) is 107 cm³/mol. The van der Waals surface area contributed by atoms with E-state index in [1.54, 1.807) is 24.1 Å².